The number of likely N-dealkylation sites (tertiary alicyclic amines) is 1. The second-order valence-corrected chi connectivity index (χ2v) is 7.45. The smallest absolute Gasteiger partial charge is 0.405 e. The Labute approximate surface area is 163 Å². The summed E-state index contributed by atoms with van der Waals surface area (Å²) in [6.45, 7) is 4.70. The molecular formula is C19H27N3O6. The van der Waals surface area contributed by atoms with Crippen molar-refractivity contribution in [2.75, 3.05) is 44.8 Å². The van der Waals surface area contributed by atoms with Crippen LogP contribution in [0.25, 0.3) is 0 Å². The van der Waals surface area contributed by atoms with Gasteiger partial charge in [-0.2, -0.15) is 0 Å². The first-order valence-electron chi connectivity index (χ1n) is 9.33. The van der Waals surface area contributed by atoms with Crippen molar-refractivity contribution in [2.45, 2.75) is 31.5 Å². The predicted molar refractivity (Wildman–Crippen MR) is 102 cm³/mol. The van der Waals surface area contributed by atoms with Crippen LogP contribution >= 0.6 is 0 Å². The second kappa shape index (κ2) is 8.24. The molecule has 1 fully saturated rings. The van der Waals surface area contributed by atoms with Crippen molar-refractivity contribution in [2.24, 2.45) is 5.73 Å². The van der Waals surface area contributed by atoms with Gasteiger partial charge in [-0.3, -0.25) is 9.69 Å². The number of hydrogen-bond donors (Lipinski definition) is 2. The monoisotopic (exact) mass is 393 g/mol. The maximum Gasteiger partial charge on any atom is 0.405 e. The Balaban J connectivity index is 1.59. The first-order chi connectivity index (χ1) is 13.2. The van der Waals surface area contributed by atoms with E-state index in [1.54, 1.807) is 25.2 Å². The number of nitrogens with two attached hydrogens (primary N) is 1. The van der Waals surface area contributed by atoms with E-state index >= 15 is 0 Å². The Morgan fingerprint density at radius 2 is 2.11 bits per heavy atom. The molecule has 2 aliphatic rings. The van der Waals surface area contributed by atoms with Crippen LogP contribution in [0.2, 0.25) is 0 Å². The summed E-state index contributed by atoms with van der Waals surface area (Å²) in [6, 6.07) is 5.22. The standard InChI is InChI=1S/C19H27N3O6/c1-19(25)5-7-22(8-6-19)9-10-26-13-3-4-15-14(11-13)21(2)17(23)16(12-27-15)28-18(20)24/h3-4,11,16,25H,5-10,12H2,1-2H3,(H2,20,24)/t16-/m0/s1. The SMILES string of the molecule is CN1C(=O)[C@@H](OC(N)=O)COc2ccc(OCCN3CCC(C)(O)CC3)cc21. The van der Waals surface area contributed by atoms with Gasteiger partial charge >= 0.3 is 6.09 Å². The molecule has 0 unspecified atom stereocenters. The third-order valence-electron chi connectivity index (χ3n) is 5.16. The van der Waals surface area contributed by atoms with E-state index in [-0.39, 0.29) is 6.61 Å². The maximum absolute atomic E-state index is 12.5. The lowest BCUT2D eigenvalue weighted by Crippen LogP contribution is -2.43. The molecule has 0 aromatic heterocycles. The highest BCUT2D eigenvalue weighted by Crippen LogP contribution is 2.34. The minimum Gasteiger partial charge on any atom is -0.492 e. The Bertz CT molecular complexity index is 728. The van der Waals surface area contributed by atoms with Crippen LogP contribution in [0.1, 0.15) is 19.8 Å². The third kappa shape index (κ3) is 4.85. The number of carbonyl (C=O) groups is 2. The van der Waals surface area contributed by atoms with Gasteiger partial charge < -0.3 is 30.0 Å². The number of fused-ring (bicyclic) bond motifs is 1. The van der Waals surface area contributed by atoms with E-state index in [2.05, 4.69) is 4.90 Å². The van der Waals surface area contributed by atoms with Crippen LogP contribution in [0, 0.1) is 0 Å². The van der Waals surface area contributed by atoms with E-state index in [0.29, 0.717) is 23.8 Å². The highest BCUT2D eigenvalue weighted by molar-refractivity contribution is 5.99. The maximum atomic E-state index is 12.5. The highest BCUT2D eigenvalue weighted by atomic mass is 16.6. The number of likely N-dealkylation sites (N-methyl/N-ethyl adjacent to an activating group) is 1. The van der Waals surface area contributed by atoms with E-state index in [1.165, 1.54) is 4.90 Å². The van der Waals surface area contributed by atoms with Gasteiger partial charge in [-0.05, 0) is 31.9 Å². The fourth-order valence-electron chi connectivity index (χ4n) is 3.32. The Morgan fingerprint density at radius 3 is 2.79 bits per heavy atom. The van der Waals surface area contributed by atoms with Crippen molar-refractivity contribution in [3.63, 3.8) is 0 Å². The number of ether oxygens (including phenoxy) is 3. The molecule has 1 saturated heterocycles. The molecule has 154 valence electrons. The highest BCUT2D eigenvalue weighted by Gasteiger charge is 2.32. The van der Waals surface area contributed by atoms with Gasteiger partial charge in [-0.1, -0.05) is 0 Å². The van der Waals surface area contributed by atoms with Gasteiger partial charge in [0.25, 0.3) is 5.91 Å². The first kappa shape index (κ1) is 20.2. The second-order valence-electron chi connectivity index (χ2n) is 7.45. The Morgan fingerprint density at radius 1 is 1.39 bits per heavy atom. The number of benzene rings is 1. The molecule has 2 heterocycles. The molecule has 3 rings (SSSR count). The van der Waals surface area contributed by atoms with Crippen molar-refractivity contribution in [3.8, 4) is 11.5 Å². The van der Waals surface area contributed by atoms with Gasteiger partial charge in [0.05, 0.1) is 11.3 Å². The Hall–Kier alpha value is -2.52. The van der Waals surface area contributed by atoms with Crippen molar-refractivity contribution < 1.29 is 28.9 Å². The van der Waals surface area contributed by atoms with Gasteiger partial charge in [-0.15, -0.1) is 0 Å². The molecule has 0 spiro atoms. The van der Waals surface area contributed by atoms with Crippen LogP contribution in [0.4, 0.5) is 10.5 Å². The predicted octanol–water partition coefficient (Wildman–Crippen LogP) is 0.731. The molecule has 2 aliphatic heterocycles. The molecule has 1 atom stereocenters. The largest absolute Gasteiger partial charge is 0.492 e. The van der Waals surface area contributed by atoms with Crippen molar-refractivity contribution in [1.29, 1.82) is 0 Å². The molecule has 0 aliphatic carbocycles. The van der Waals surface area contributed by atoms with Crippen LogP contribution in [0.5, 0.6) is 11.5 Å². The molecule has 1 aromatic rings. The molecule has 0 radical (unpaired) electrons. The molecule has 9 heteroatoms. The molecule has 1 aromatic carbocycles. The van der Waals surface area contributed by atoms with Crippen LogP contribution < -0.4 is 20.1 Å². The third-order valence-corrected chi connectivity index (χ3v) is 5.16. The number of hydrogen-bond acceptors (Lipinski definition) is 7. The van der Waals surface area contributed by atoms with Crippen molar-refractivity contribution >= 4 is 17.7 Å². The summed E-state index contributed by atoms with van der Waals surface area (Å²) in [5.74, 6) is 0.687. The van der Waals surface area contributed by atoms with Crippen LogP contribution in [0.15, 0.2) is 18.2 Å². The van der Waals surface area contributed by atoms with Gasteiger partial charge in [0.15, 0.2) is 0 Å². The van der Waals surface area contributed by atoms with Crippen molar-refractivity contribution in [3.05, 3.63) is 18.2 Å². The lowest BCUT2D eigenvalue weighted by atomic mass is 9.94. The summed E-state index contributed by atoms with van der Waals surface area (Å²) in [5, 5.41) is 10.0. The fourth-order valence-corrected chi connectivity index (χ4v) is 3.32. The zero-order valence-electron chi connectivity index (χ0n) is 16.2. The number of aliphatic hydroxyl groups is 1. The van der Waals surface area contributed by atoms with E-state index < -0.39 is 23.7 Å². The van der Waals surface area contributed by atoms with Gasteiger partial charge in [0.1, 0.15) is 24.7 Å². The van der Waals surface area contributed by atoms with E-state index in [9.17, 15) is 14.7 Å². The number of piperidine rings is 1. The summed E-state index contributed by atoms with van der Waals surface area (Å²) in [4.78, 5) is 27.1. The Kier molecular flexibility index (Phi) is 5.95. The van der Waals surface area contributed by atoms with Crippen LogP contribution in [-0.2, 0) is 9.53 Å². The minimum absolute atomic E-state index is 0.0992. The summed E-state index contributed by atoms with van der Waals surface area (Å²) in [6.07, 6.45) is -0.602. The normalized spacial score (nSPS) is 22.0. The zero-order chi connectivity index (χ0) is 20.3. The van der Waals surface area contributed by atoms with E-state index in [0.717, 1.165) is 32.5 Å². The summed E-state index contributed by atoms with van der Waals surface area (Å²) in [7, 11) is 1.58. The quantitative estimate of drug-likeness (QED) is 0.758. The number of nitrogens with zero attached hydrogens (tertiary/aromatic N) is 2. The summed E-state index contributed by atoms with van der Waals surface area (Å²) >= 11 is 0. The summed E-state index contributed by atoms with van der Waals surface area (Å²) in [5.41, 5.74) is 4.98. The lowest BCUT2D eigenvalue weighted by molar-refractivity contribution is -0.127. The molecule has 0 bridgehead atoms. The zero-order valence-corrected chi connectivity index (χ0v) is 16.2. The molecule has 9 nitrogen and oxygen atoms in total. The fraction of sp³-hybridized carbons (Fsp3) is 0.579. The number of anilines is 1. The number of rotatable bonds is 5. The molecule has 0 saturated carbocycles. The average molecular weight is 393 g/mol. The van der Waals surface area contributed by atoms with Crippen molar-refractivity contribution in [1.82, 2.24) is 4.90 Å². The van der Waals surface area contributed by atoms with Gasteiger partial charge in [-0.25, -0.2) is 4.79 Å². The lowest BCUT2D eigenvalue weighted by Gasteiger charge is -2.35. The van der Waals surface area contributed by atoms with E-state index in [1.807, 2.05) is 6.92 Å². The van der Waals surface area contributed by atoms with Gasteiger partial charge in [0, 0.05) is 32.7 Å². The number of carbonyl (C=O) groups excluding carboxylic acids is 2. The minimum atomic E-state index is -1.09. The summed E-state index contributed by atoms with van der Waals surface area (Å²) < 4.78 is 16.3. The molecule has 2 amide bonds. The van der Waals surface area contributed by atoms with Crippen LogP contribution in [-0.4, -0.2) is 73.6 Å². The van der Waals surface area contributed by atoms with Crippen LogP contribution in [0.3, 0.4) is 0 Å². The number of amides is 2. The molecule has 3 N–H and O–H groups in total. The average Bonchev–Trinajstić information content (AvgIpc) is 2.75. The van der Waals surface area contributed by atoms with E-state index in [4.69, 9.17) is 19.9 Å². The first-order valence-corrected chi connectivity index (χ1v) is 9.33. The topological polar surface area (TPSA) is 115 Å². The molecular weight excluding hydrogens is 366 g/mol. The number of primary amides is 1. The molecule has 28 heavy (non-hydrogen) atoms. The van der Waals surface area contributed by atoms with Gasteiger partial charge in [0.2, 0.25) is 6.10 Å².